The fourth-order valence-electron chi connectivity index (χ4n) is 1.67. The minimum Gasteiger partial charge on any atom is -0.496 e. The molecule has 0 aliphatic rings. The van der Waals surface area contributed by atoms with E-state index in [4.69, 9.17) is 9.84 Å². The number of carboxylic acid groups (broad SMARTS) is 1. The first kappa shape index (κ1) is 13.3. The third kappa shape index (κ3) is 3.34. The highest BCUT2D eigenvalue weighted by Crippen LogP contribution is 2.27. The maximum atomic E-state index is 10.7. The van der Waals surface area contributed by atoms with Gasteiger partial charge in [-0.1, -0.05) is 32.6 Å². The summed E-state index contributed by atoms with van der Waals surface area (Å²) >= 11 is 0. The number of aliphatic carboxylic acids is 1. The summed E-state index contributed by atoms with van der Waals surface area (Å²) in [7, 11) is 1.64. The second-order valence-electron chi connectivity index (χ2n) is 4.32. The first-order valence-electron chi connectivity index (χ1n) is 5.53. The van der Waals surface area contributed by atoms with Crippen molar-refractivity contribution in [3.63, 3.8) is 0 Å². The van der Waals surface area contributed by atoms with E-state index in [0.717, 1.165) is 16.9 Å². The Balaban J connectivity index is 3.00. The van der Waals surface area contributed by atoms with Crippen molar-refractivity contribution < 1.29 is 14.6 Å². The molecule has 0 saturated heterocycles. The molecular formula is C14H18O3. The molecule has 0 bridgehead atoms. The van der Waals surface area contributed by atoms with Crippen molar-refractivity contribution in [3.8, 4) is 5.75 Å². The lowest BCUT2D eigenvalue weighted by Crippen LogP contribution is -2.03. The average molecular weight is 234 g/mol. The zero-order valence-electron chi connectivity index (χ0n) is 10.5. The lowest BCUT2D eigenvalue weighted by Gasteiger charge is -2.13. The van der Waals surface area contributed by atoms with Crippen LogP contribution in [0.5, 0.6) is 5.75 Å². The number of ether oxygens (including phenoxy) is 1. The Hall–Kier alpha value is -1.77. The fourth-order valence-corrected chi connectivity index (χ4v) is 1.67. The van der Waals surface area contributed by atoms with Crippen LogP contribution in [-0.2, 0) is 11.2 Å². The highest BCUT2D eigenvalue weighted by atomic mass is 16.5. The molecule has 1 rings (SSSR count). The van der Waals surface area contributed by atoms with Gasteiger partial charge in [0.2, 0.25) is 0 Å². The summed E-state index contributed by atoms with van der Waals surface area (Å²) in [5.74, 6) is 0.222. The van der Waals surface area contributed by atoms with E-state index in [9.17, 15) is 4.79 Å². The number of carbonyl (C=O) groups is 1. The van der Waals surface area contributed by atoms with Crippen molar-refractivity contribution >= 4 is 5.97 Å². The van der Waals surface area contributed by atoms with Crippen LogP contribution in [0, 0.1) is 0 Å². The number of rotatable bonds is 5. The van der Waals surface area contributed by atoms with E-state index >= 15 is 0 Å². The number of benzene rings is 1. The van der Waals surface area contributed by atoms with Crippen molar-refractivity contribution in [2.24, 2.45) is 0 Å². The van der Waals surface area contributed by atoms with Crippen LogP contribution in [0.15, 0.2) is 30.4 Å². The molecule has 1 N–H and O–H groups in total. The van der Waals surface area contributed by atoms with Gasteiger partial charge in [0.1, 0.15) is 5.75 Å². The molecule has 0 atom stereocenters. The Labute approximate surface area is 102 Å². The molecule has 1 aromatic rings. The number of hydrogen-bond acceptors (Lipinski definition) is 2. The molecule has 0 aliphatic carbocycles. The van der Waals surface area contributed by atoms with Gasteiger partial charge in [-0.2, -0.15) is 0 Å². The third-order valence-electron chi connectivity index (χ3n) is 2.64. The minimum atomic E-state index is -0.952. The third-order valence-corrected chi connectivity index (χ3v) is 2.64. The van der Waals surface area contributed by atoms with Crippen molar-refractivity contribution in [2.45, 2.75) is 26.2 Å². The van der Waals surface area contributed by atoms with Crippen LogP contribution in [0.4, 0.5) is 0 Å². The van der Waals surface area contributed by atoms with Crippen LogP contribution < -0.4 is 4.74 Å². The minimum absolute atomic E-state index is 0.199. The summed E-state index contributed by atoms with van der Waals surface area (Å²) < 4.78 is 5.28. The van der Waals surface area contributed by atoms with Gasteiger partial charge in [-0.05, 0) is 23.1 Å². The van der Waals surface area contributed by atoms with Crippen molar-refractivity contribution in [3.05, 3.63) is 41.5 Å². The summed E-state index contributed by atoms with van der Waals surface area (Å²) in [4.78, 5) is 10.7. The average Bonchev–Trinajstić information content (AvgIpc) is 2.28. The molecule has 0 saturated carbocycles. The number of methoxy groups -OCH3 is 1. The van der Waals surface area contributed by atoms with Crippen LogP contribution in [0.2, 0.25) is 0 Å². The van der Waals surface area contributed by atoms with Crippen LogP contribution in [-0.4, -0.2) is 18.2 Å². The molecule has 0 radical (unpaired) electrons. The van der Waals surface area contributed by atoms with Crippen LogP contribution in [0.1, 0.15) is 30.9 Å². The fraction of sp³-hybridized carbons (Fsp3) is 0.357. The van der Waals surface area contributed by atoms with E-state index in [-0.39, 0.29) is 5.57 Å². The van der Waals surface area contributed by atoms with E-state index in [1.54, 1.807) is 7.11 Å². The topological polar surface area (TPSA) is 46.5 Å². The van der Waals surface area contributed by atoms with Crippen molar-refractivity contribution in [1.82, 2.24) is 0 Å². The van der Waals surface area contributed by atoms with Gasteiger partial charge in [-0.15, -0.1) is 0 Å². The summed E-state index contributed by atoms with van der Waals surface area (Å²) in [5, 5.41) is 8.80. The van der Waals surface area contributed by atoms with Crippen LogP contribution in [0.3, 0.4) is 0 Å². The van der Waals surface area contributed by atoms with Gasteiger partial charge < -0.3 is 9.84 Å². The second-order valence-corrected chi connectivity index (χ2v) is 4.32. The molecule has 3 heteroatoms. The number of hydrogen-bond donors (Lipinski definition) is 1. The van der Waals surface area contributed by atoms with Gasteiger partial charge in [0.05, 0.1) is 7.11 Å². The summed E-state index contributed by atoms with van der Waals surface area (Å²) in [6, 6.07) is 5.73. The second kappa shape index (κ2) is 5.53. The molecule has 1 aromatic carbocycles. The Morgan fingerprint density at radius 3 is 2.59 bits per heavy atom. The van der Waals surface area contributed by atoms with Crippen LogP contribution in [0.25, 0.3) is 0 Å². The van der Waals surface area contributed by atoms with Crippen molar-refractivity contribution in [1.29, 1.82) is 0 Å². The first-order chi connectivity index (χ1) is 7.95. The van der Waals surface area contributed by atoms with Gasteiger partial charge in [-0.25, -0.2) is 4.79 Å². The van der Waals surface area contributed by atoms with Gasteiger partial charge in [0, 0.05) is 12.0 Å². The molecule has 3 nitrogen and oxygen atoms in total. The van der Waals surface area contributed by atoms with E-state index in [2.05, 4.69) is 20.4 Å². The smallest absolute Gasteiger partial charge is 0.331 e. The standard InChI is InChI=1S/C14H18O3/c1-9(2)12-8-11(5-6-13(12)17-4)7-10(3)14(15)16/h5-6,8-9H,3,7H2,1-2,4H3,(H,15,16). The Kier molecular flexibility index (Phi) is 4.32. The predicted octanol–water partition coefficient (Wildman–Crippen LogP) is 3.00. The lowest BCUT2D eigenvalue weighted by molar-refractivity contribution is -0.132. The lowest BCUT2D eigenvalue weighted by atomic mass is 9.97. The quantitative estimate of drug-likeness (QED) is 0.797. The molecule has 0 amide bonds. The summed E-state index contributed by atoms with van der Waals surface area (Å²) in [6.45, 7) is 7.69. The van der Waals surface area contributed by atoms with Gasteiger partial charge >= 0.3 is 5.97 Å². The largest absolute Gasteiger partial charge is 0.496 e. The van der Waals surface area contributed by atoms with Crippen LogP contribution >= 0.6 is 0 Å². The highest BCUT2D eigenvalue weighted by Gasteiger charge is 2.10. The van der Waals surface area contributed by atoms with Crippen molar-refractivity contribution in [2.75, 3.05) is 7.11 Å². The Bertz CT molecular complexity index is 433. The van der Waals surface area contributed by atoms with E-state index < -0.39 is 5.97 Å². The molecule has 0 fully saturated rings. The monoisotopic (exact) mass is 234 g/mol. The van der Waals surface area contributed by atoms with E-state index in [1.165, 1.54) is 0 Å². The van der Waals surface area contributed by atoms with Gasteiger partial charge in [-0.3, -0.25) is 0 Å². The van der Waals surface area contributed by atoms with Gasteiger partial charge in [0.25, 0.3) is 0 Å². The zero-order valence-corrected chi connectivity index (χ0v) is 10.5. The molecule has 17 heavy (non-hydrogen) atoms. The number of carboxylic acids is 1. The molecule has 0 spiro atoms. The van der Waals surface area contributed by atoms with E-state index in [0.29, 0.717) is 12.3 Å². The maximum absolute atomic E-state index is 10.7. The normalized spacial score (nSPS) is 10.4. The SMILES string of the molecule is C=C(Cc1ccc(OC)c(C(C)C)c1)C(=O)O. The molecule has 0 heterocycles. The zero-order chi connectivity index (χ0) is 13.0. The first-order valence-corrected chi connectivity index (χ1v) is 5.53. The van der Waals surface area contributed by atoms with Gasteiger partial charge in [0.15, 0.2) is 0 Å². The highest BCUT2D eigenvalue weighted by molar-refractivity contribution is 5.86. The molecule has 0 aromatic heterocycles. The summed E-state index contributed by atoms with van der Waals surface area (Å²) in [6.07, 6.45) is 0.360. The summed E-state index contributed by atoms with van der Waals surface area (Å²) in [5.41, 5.74) is 2.23. The maximum Gasteiger partial charge on any atom is 0.331 e. The molecule has 0 unspecified atom stereocenters. The van der Waals surface area contributed by atoms with E-state index in [1.807, 2.05) is 18.2 Å². The molecule has 0 aliphatic heterocycles. The molecule has 92 valence electrons. The Morgan fingerprint density at radius 2 is 2.12 bits per heavy atom. The predicted molar refractivity (Wildman–Crippen MR) is 67.6 cm³/mol. The molecular weight excluding hydrogens is 216 g/mol. The Morgan fingerprint density at radius 1 is 1.47 bits per heavy atom.